The van der Waals surface area contributed by atoms with E-state index >= 15 is 0 Å². The lowest BCUT2D eigenvalue weighted by Crippen LogP contribution is -2.30. The summed E-state index contributed by atoms with van der Waals surface area (Å²) in [5.74, 6) is -1.48. The molecule has 0 aliphatic rings. The molecule has 1 aromatic carbocycles. The first kappa shape index (κ1) is 18.9. The lowest BCUT2D eigenvalue weighted by molar-refractivity contribution is -0.115. The number of aromatic carboxylic acids is 1. The first-order valence-electron chi connectivity index (χ1n) is 7.92. The Bertz CT molecular complexity index is 812. The number of carboxylic acids is 1. The van der Waals surface area contributed by atoms with E-state index in [0.29, 0.717) is 0 Å². The fourth-order valence-corrected chi connectivity index (χ4v) is 3.37. The molecule has 1 heterocycles. The van der Waals surface area contributed by atoms with E-state index in [1.54, 1.807) is 6.92 Å². The second-order valence-electron chi connectivity index (χ2n) is 5.69. The summed E-state index contributed by atoms with van der Waals surface area (Å²) in [7, 11) is -1.53. The second-order valence-corrected chi connectivity index (χ2v) is 7.45. The van der Waals surface area contributed by atoms with Gasteiger partial charge in [0, 0.05) is 16.5 Å². The Morgan fingerprint density at radius 2 is 2.00 bits per heavy atom. The smallest absolute Gasteiger partial charge is 0.371 e. The van der Waals surface area contributed by atoms with Gasteiger partial charge < -0.3 is 14.8 Å². The number of benzene rings is 1. The van der Waals surface area contributed by atoms with Crippen molar-refractivity contribution >= 4 is 28.4 Å². The Morgan fingerprint density at radius 1 is 1.28 bits per heavy atom. The number of carbonyl (C=O) groups excluding carboxylic acids is 1. The molecule has 0 saturated carbocycles. The fourth-order valence-electron chi connectivity index (χ4n) is 2.38. The highest BCUT2D eigenvalue weighted by Gasteiger charge is 2.23. The number of furan rings is 1. The highest BCUT2D eigenvalue weighted by atomic mass is 32.2. The van der Waals surface area contributed by atoms with Gasteiger partial charge in [-0.3, -0.25) is 9.00 Å². The summed E-state index contributed by atoms with van der Waals surface area (Å²) in [5.41, 5.74) is 2.72. The van der Waals surface area contributed by atoms with Gasteiger partial charge in [0.05, 0.1) is 5.75 Å². The zero-order valence-electron chi connectivity index (χ0n) is 14.4. The molecule has 2 rings (SSSR count). The largest absolute Gasteiger partial charge is 0.475 e. The van der Waals surface area contributed by atoms with Crippen molar-refractivity contribution in [3.63, 3.8) is 0 Å². The molecule has 25 heavy (non-hydrogen) atoms. The van der Waals surface area contributed by atoms with Crippen molar-refractivity contribution in [3.8, 4) is 0 Å². The number of amides is 1. The molecule has 2 N–H and O–H groups in total. The van der Waals surface area contributed by atoms with Gasteiger partial charge in [0.15, 0.2) is 0 Å². The Kier molecular flexibility index (Phi) is 6.14. The monoisotopic (exact) mass is 363 g/mol. The van der Waals surface area contributed by atoms with Gasteiger partial charge in [0.1, 0.15) is 11.0 Å². The lowest BCUT2D eigenvalue weighted by Gasteiger charge is -2.16. The third kappa shape index (κ3) is 4.57. The molecule has 0 aliphatic carbocycles. The highest BCUT2D eigenvalue weighted by Crippen LogP contribution is 2.22. The Morgan fingerprint density at radius 3 is 2.60 bits per heavy atom. The van der Waals surface area contributed by atoms with Crippen molar-refractivity contribution in [3.05, 3.63) is 53.0 Å². The quantitative estimate of drug-likeness (QED) is 0.788. The summed E-state index contributed by atoms with van der Waals surface area (Å²) < 4.78 is 17.5. The lowest BCUT2D eigenvalue weighted by atomic mass is 10.1. The maximum atomic E-state index is 12.4. The minimum atomic E-state index is -1.53. The van der Waals surface area contributed by atoms with Crippen molar-refractivity contribution in [1.29, 1.82) is 0 Å². The number of carbonyl (C=O) groups is 2. The average Bonchev–Trinajstić information content (AvgIpc) is 3.04. The van der Waals surface area contributed by atoms with Gasteiger partial charge in [-0.15, -0.1) is 0 Å². The minimum Gasteiger partial charge on any atom is -0.475 e. The highest BCUT2D eigenvalue weighted by molar-refractivity contribution is 7.85. The average molecular weight is 363 g/mol. The number of hydrogen-bond donors (Lipinski definition) is 2. The van der Waals surface area contributed by atoms with E-state index in [1.165, 1.54) is 12.1 Å². The third-order valence-electron chi connectivity index (χ3n) is 3.91. The summed E-state index contributed by atoms with van der Waals surface area (Å²) in [6, 6.07) is 8.55. The number of para-hydroxylation sites is 1. The maximum Gasteiger partial charge on any atom is 0.371 e. The minimum absolute atomic E-state index is 0.0176. The van der Waals surface area contributed by atoms with Crippen LogP contribution >= 0.6 is 0 Å². The van der Waals surface area contributed by atoms with Crippen molar-refractivity contribution < 1.29 is 23.3 Å². The molecule has 6 nitrogen and oxygen atoms in total. The summed E-state index contributed by atoms with van der Waals surface area (Å²) >= 11 is 0. The molecule has 2 unspecified atom stereocenters. The van der Waals surface area contributed by atoms with Crippen LogP contribution in [0.4, 0.5) is 5.69 Å². The van der Waals surface area contributed by atoms with E-state index in [1.807, 2.05) is 32.0 Å². The van der Waals surface area contributed by atoms with Gasteiger partial charge in [-0.05, 0) is 43.5 Å². The molecule has 7 heteroatoms. The van der Waals surface area contributed by atoms with Crippen LogP contribution < -0.4 is 5.32 Å². The molecule has 0 saturated heterocycles. The second kappa shape index (κ2) is 8.11. The third-order valence-corrected chi connectivity index (χ3v) is 5.48. The van der Waals surface area contributed by atoms with Crippen molar-refractivity contribution in [2.75, 3.05) is 5.32 Å². The number of hydrogen-bond acceptors (Lipinski definition) is 4. The van der Waals surface area contributed by atoms with Crippen LogP contribution in [0.1, 0.15) is 41.3 Å². The first-order valence-corrected chi connectivity index (χ1v) is 9.30. The fraction of sp³-hybridized carbons (Fsp3) is 0.333. The van der Waals surface area contributed by atoms with Crippen LogP contribution in [0.15, 0.2) is 34.7 Å². The molecule has 0 bridgehead atoms. The number of rotatable bonds is 7. The van der Waals surface area contributed by atoms with Crippen LogP contribution in [-0.4, -0.2) is 26.4 Å². The van der Waals surface area contributed by atoms with Crippen molar-refractivity contribution in [2.24, 2.45) is 0 Å². The van der Waals surface area contributed by atoms with Gasteiger partial charge in [-0.1, -0.05) is 25.1 Å². The first-order chi connectivity index (χ1) is 11.8. The molecule has 0 radical (unpaired) electrons. The van der Waals surface area contributed by atoms with E-state index in [0.717, 1.165) is 23.2 Å². The molecule has 2 aromatic rings. The Balaban J connectivity index is 2.06. The topological polar surface area (TPSA) is 96.6 Å². The van der Waals surface area contributed by atoms with E-state index in [9.17, 15) is 13.8 Å². The van der Waals surface area contributed by atoms with Gasteiger partial charge >= 0.3 is 5.97 Å². The standard InChI is InChI=1S/C18H21NO5S/c1-4-13-7-5-6-11(2)16(13)19-17(20)12(3)25(23)10-14-8-9-15(24-14)18(21)22/h5-9,12H,4,10H2,1-3H3,(H,19,20)(H,21,22). The summed E-state index contributed by atoms with van der Waals surface area (Å²) in [6.45, 7) is 5.49. The zero-order chi connectivity index (χ0) is 18.6. The molecule has 0 fully saturated rings. The van der Waals surface area contributed by atoms with Gasteiger partial charge in [0.2, 0.25) is 11.7 Å². The van der Waals surface area contributed by atoms with Crippen molar-refractivity contribution in [2.45, 2.75) is 38.2 Å². The molecule has 1 amide bonds. The number of aryl methyl sites for hydroxylation is 2. The number of carboxylic acid groups (broad SMARTS) is 1. The molecule has 2 atom stereocenters. The van der Waals surface area contributed by atoms with E-state index in [-0.39, 0.29) is 23.2 Å². The summed E-state index contributed by atoms with van der Waals surface area (Å²) in [5, 5.41) is 10.9. The van der Waals surface area contributed by atoms with Crippen LogP contribution in [0.3, 0.4) is 0 Å². The van der Waals surface area contributed by atoms with Gasteiger partial charge in [-0.25, -0.2) is 4.79 Å². The molecule has 0 aliphatic heterocycles. The SMILES string of the molecule is CCc1cccc(C)c1NC(=O)C(C)S(=O)Cc1ccc(C(=O)O)o1. The molecular formula is C18H21NO5S. The van der Waals surface area contributed by atoms with E-state index in [2.05, 4.69) is 5.32 Å². The van der Waals surface area contributed by atoms with Crippen LogP contribution in [0.5, 0.6) is 0 Å². The Labute approximate surface area is 148 Å². The predicted molar refractivity (Wildman–Crippen MR) is 96.2 cm³/mol. The van der Waals surface area contributed by atoms with Crippen LogP contribution in [0.25, 0.3) is 0 Å². The number of nitrogens with one attached hydrogen (secondary N) is 1. The summed E-state index contributed by atoms with van der Waals surface area (Å²) in [4.78, 5) is 23.3. The predicted octanol–water partition coefficient (Wildman–Crippen LogP) is 3.12. The van der Waals surface area contributed by atoms with Gasteiger partial charge in [0.25, 0.3) is 0 Å². The molecule has 1 aromatic heterocycles. The van der Waals surface area contributed by atoms with E-state index < -0.39 is 22.0 Å². The van der Waals surface area contributed by atoms with Gasteiger partial charge in [-0.2, -0.15) is 0 Å². The number of anilines is 1. The van der Waals surface area contributed by atoms with Crippen molar-refractivity contribution in [1.82, 2.24) is 0 Å². The molecule has 0 spiro atoms. The van der Waals surface area contributed by atoms with Crippen LogP contribution in [0.2, 0.25) is 0 Å². The summed E-state index contributed by atoms with van der Waals surface area (Å²) in [6.07, 6.45) is 0.777. The molecular weight excluding hydrogens is 342 g/mol. The maximum absolute atomic E-state index is 12.4. The zero-order valence-corrected chi connectivity index (χ0v) is 15.2. The van der Waals surface area contributed by atoms with Crippen LogP contribution in [-0.2, 0) is 27.8 Å². The molecule has 134 valence electrons. The van der Waals surface area contributed by atoms with E-state index in [4.69, 9.17) is 9.52 Å². The Hall–Kier alpha value is -2.41. The normalized spacial score (nSPS) is 13.2. The van der Waals surface area contributed by atoms with Crippen LogP contribution in [0, 0.1) is 6.92 Å².